The first kappa shape index (κ1) is 22.1. The molecule has 11 heteroatoms. The largest absolute Gasteiger partial charge is 0.339 e. The molecular formula is C20H22ClN3O5S2. The highest BCUT2D eigenvalue weighted by Crippen LogP contribution is 2.27. The molecule has 2 fully saturated rings. The van der Waals surface area contributed by atoms with E-state index in [-0.39, 0.29) is 33.0 Å². The summed E-state index contributed by atoms with van der Waals surface area (Å²) in [5.74, 6) is -0.287. The Balaban J connectivity index is 1.58. The normalized spacial score (nSPS) is 17.0. The predicted molar refractivity (Wildman–Crippen MR) is 117 cm³/mol. The molecule has 31 heavy (non-hydrogen) atoms. The number of halogens is 1. The van der Waals surface area contributed by atoms with E-state index < -0.39 is 20.0 Å². The van der Waals surface area contributed by atoms with Gasteiger partial charge in [0.1, 0.15) is 0 Å². The van der Waals surface area contributed by atoms with Crippen LogP contribution in [0.15, 0.2) is 52.3 Å². The van der Waals surface area contributed by atoms with Gasteiger partial charge in [-0.1, -0.05) is 11.6 Å². The Hall–Kier alpha value is -2.14. The monoisotopic (exact) mass is 483 g/mol. The van der Waals surface area contributed by atoms with Crippen LogP contribution in [0, 0.1) is 0 Å². The minimum absolute atomic E-state index is 0.00487. The van der Waals surface area contributed by atoms with Crippen LogP contribution in [0.5, 0.6) is 0 Å². The Morgan fingerprint density at radius 1 is 0.903 bits per heavy atom. The Morgan fingerprint density at radius 2 is 1.48 bits per heavy atom. The van der Waals surface area contributed by atoms with Gasteiger partial charge in [0.05, 0.1) is 21.0 Å². The summed E-state index contributed by atoms with van der Waals surface area (Å²) in [5, 5.41) is 0.322. The number of sulfonamides is 2. The topological polar surface area (TPSA) is 113 Å². The maximum Gasteiger partial charge on any atom is 0.261 e. The summed E-state index contributed by atoms with van der Waals surface area (Å²) in [5.41, 5.74) is 0.291. The number of hydrogen-bond donors (Lipinski definition) is 2. The maximum atomic E-state index is 12.9. The lowest BCUT2D eigenvalue weighted by Crippen LogP contribution is -2.29. The number of rotatable bonds is 7. The Kier molecular flexibility index (Phi) is 5.99. The molecule has 166 valence electrons. The van der Waals surface area contributed by atoms with Crippen molar-refractivity contribution in [3.8, 4) is 0 Å². The summed E-state index contributed by atoms with van der Waals surface area (Å²) < 4.78 is 55.3. The van der Waals surface area contributed by atoms with Crippen LogP contribution in [0.4, 0.5) is 5.69 Å². The first-order valence-electron chi connectivity index (χ1n) is 9.90. The van der Waals surface area contributed by atoms with Crippen LogP contribution < -0.4 is 9.44 Å². The highest BCUT2D eigenvalue weighted by molar-refractivity contribution is 7.92. The fourth-order valence-corrected chi connectivity index (χ4v) is 5.92. The molecule has 1 aliphatic carbocycles. The number of nitrogens with zero attached hydrogens (tertiary/aromatic N) is 1. The molecule has 0 unspecified atom stereocenters. The van der Waals surface area contributed by atoms with Gasteiger partial charge >= 0.3 is 0 Å². The second-order valence-electron chi connectivity index (χ2n) is 7.66. The van der Waals surface area contributed by atoms with Crippen LogP contribution in [0.2, 0.25) is 5.02 Å². The lowest BCUT2D eigenvalue weighted by Gasteiger charge is -2.18. The molecule has 1 saturated heterocycles. The van der Waals surface area contributed by atoms with Crippen molar-refractivity contribution in [2.24, 2.45) is 0 Å². The predicted octanol–water partition coefficient (Wildman–Crippen LogP) is 2.82. The summed E-state index contributed by atoms with van der Waals surface area (Å²) in [6.07, 6.45) is 3.40. The summed E-state index contributed by atoms with van der Waals surface area (Å²) in [6.45, 7) is 1.23. The standard InChI is InChI=1S/C20H22ClN3O5S2/c21-14-3-10-19(18(13-14)20(25)24-11-1-2-12-24)23-31(28,29)17-8-6-16(7-9-17)30(26,27)22-15-4-5-15/h3,6-10,13,15,22-23H,1-2,4-5,11-12H2. The van der Waals surface area contributed by atoms with Gasteiger partial charge in [0.15, 0.2) is 0 Å². The molecule has 0 bridgehead atoms. The van der Waals surface area contributed by atoms with Crippen molar-refractivity contribution in [1.82, 2.24) is 9.62 Å². The molecule has 2 aromatic rings. The number of hydrogen-bond acceptors (Lipinski definition) is 5. The molecule has 0 aromatic heterocycles. The third-order valence-corrected chi connectivity index (χ3v) is 8.35. The average Bonchev–Trinajstić information content (AvgIpc) is 3.36. The molecular weight excluding hydrogens is 462 g/mol. The molecule has 1 aliphatic heterocycles. The van der Waals surface area contributed by atoms with Crippen LogP contribution in [-0.4, -0.2) is 46.8 Å². The van der Waals surface area contributed by atoms with Gasteiger partial charge in [-0.3, -0.25) is 9.52 Å². The minimum Gasteiger partial charge on any atom is -0.339 e. The van der Waals surface area contributed by atoms with Crippen molar-refractivity contribution in [2.45, 2.75) is 41.5 Å². The lowest BCUT2D eigenvalue weighted by molar-refractivity contribution is 0.0794. The molecule has 2 aliphatic rings. The fraction of sp³-hybridized carbons (Fsp3) is 0.350. The van der Waals surface area contributed by atoms with E-state index in [2.05, 4.69) is 9.44 Å². The van der Waals surface area contributed by atoms with E-state index in [9.17, 15) is 21.6 Å². The highest BCUT2D eigenvalue weighted by Gasteiger charge is 2.29. The van der Waals surface area contributed by atoms with Gasteiger partial charge in [-0.2, -0.15) is 0 Å². The second-order valence-corrected chi connectivity index (χ2v) is 11.5. The van der Waals surface area contributed by atoms with Crippen molar-refractivity contribution in [3.05, 3.63) is 53.1 Å². The third-order valence-electron chi connectivity index (χ3n) is 5.19. The van der Waals surface area contributed by atoms with E-state index in [1.54, 1.807) is 4.90 Å². The summed E-state index contributed by atoms with van der Waals surface area (Å²) in [7, 11) is -7.74. The number of carbonyl (C=O) groups excluding carboxylic acids is 1. The molecule has 1 saturated carbocycles. The smallest absolute Gasteiger partial charge is 0.261 e. The first-order valence-corrected chi connectivity index (χ1v) is 13.2. The van der Waals surface area contributed by atoms with Gasteiger partial charge in [0, 0.05) is 24.2 Å². The zero-order valence-corrected chi connectivity index (χ0v) is 18.9. The zero-order chi connectivity index (χ0) is 22.2. The molecule has 1 amide bonds. The van der Waals surface area contributed by atoms with E-state index >= 15 is 0 Å². The Bertz CT molecular complexity index is 1200. The van der Waals surface area contributed by atoms with Crippen LogP contribution in [0.25, 0.3) is 0 Å². The van der Waals surface area contributed by atoms with E-state index in [1.165, 1.54) is 42.5 Å². The van der Waals surface area contributed by atoms with E-state index in [1.807, 2.05) is 0 Å². The van der Waals surface area contributed by atoms with Gasteiger partial charge in [-0.15, -0.1) is 0 Å². The number of amides is 1. The number of anilines is 1. The number of likely N-dealkylation sites (tertiary alicyclic amines) is 1. The van der Waals surface area contributed by atoms with Crippen molar-refractivity contribution in [1.29, 1.82) is 0 Å². The van der Waals surface area contributed by atoms with E-state index in [0.717, 1.165) is 25.7 Å². The number of nitrogens with one attached hydrogen (secondary N) is 2. The molecule has 0 radical (unpaired) electrons. The molecule has 2 aromatic carbocycles. The number of benzene rings is 2. The van der Waals surface area contributed by atoms with Crippen LogP contribution in [0.3, 0.4) is 0 Å². The fourth-order valence-electron chi connectivity index (χ4n) is 3.36. The van der Waals surface area contributed by atoms with Gasteiger partial charge in [0.2, 0.25) is 10.0 Å². The highest BCUT2D eigenvalue weighted by atomic mass is 35.5. The van der Waals surface area contributed by atoms with Crippen molar-refractivity contribution < 1.29 is 21.6 Å². The second kappa shape index (κ2) is 8.42. The van der Waals surface area contributed by atoms with Crippen molar-refractivity contribution in [2.75, 3.05) is 17.8 Å². The lowest BCUT2D eigenvalue weighted by atomic mass is 10.1. The molecule has 0 spiro atoms. The number of carbonyl (C=O) groups is 1. The minimum atomic E-state index is -4.06. The van der Waals surface area contributed by atoms with E-state index in [4.69, 9.17) is 11.6 Å². The van der Waals surface area contributed by atoms with Gasteiger partial charge in [-0.05, 0) is 68.1 Å². The third kappa shape index (κ3) is 5.03. The van der Waals surface area contributed by atoms with E-state index in [0.29, 0.717) is 18.1 Å². The SMILES string of the molecule is O=C(c1cc(Cl)ccc1NS(=O)(=O)c1ccc(S(=O)(=O)NC2CC2)cc1)N1CCCC1. The first-order chi connectivity index (χ1) is 14.7. The van der Waals surface area contributed by atoms with Gasteiger partial charge in [0.25, 0.3) is 15.9 Å². The van der Waals surface area contributed by atoms with Crippen LogP contribution in [0.1, 0.15) is 36.0 Å². The molecule has 2 N–H and O–H groups in total. The Morgan fingerprint density at radius 3 is 2.06 bits per heavy atom. The summed E-state index contributed by atoms with van der Waals surface area (Å²) in [4.78, 5) is 14.4. The average molecular weight is 484 g/mol. The summed E-state index contributed by atoms with van der Waals surface area (Å²) >= 11 is 6.05. The van der Waals surface area contributed by atoms with Crippen molar-refractivity contribution >= 4 is 43.2 Å². The molecule has 0 atom stereocenters. The quantitative estimate of drug-likeness (QED) is 0.628. The van der Waals surface area contributed by atoms with Crippen molar-refractivity contribution in [3.63, 3.8) is 0 Å². The zero-order valence-electron chi connectivity index (χ0n) is 16.5. The summed E-state index contributed by atoms with van der Waals surface area (Å²) in [6, 6.07) is 9.28. The molecule has 1 heterocycles. The Labute approximate surface area is 186 Å². The van der Waals surface area contributed by atoms with Gasteiger partial charge < -0.3 is 4.90 Å². The van der Waals surface area contributed by atoms with Crippen LogP contribution in [-0.2, 0) is 20.0 Å². The molecule has 8 nitrogen and oxygen atoms in total. The van der Waals surface area contributed by atoms with Gasteiger partial charge in [-0.25, -0.2) is 21.6 Å². The molecule has 4 rings (SSSR count). The maximum absolute atomic E-state index is 12.9. The van der Waals surface area contributed by atoms with Crippen LogP contribution >= 0.6 is 11.6 Å².